The lowest BCUT2D eigenvalue weighted by molar-refractivity contribution is -0.123. The van der Waals surface area contributed by atoms with Crippen LogP contribution < -0.4 is 5.32 Å². The van der Waals surface area contributed by atoms with Gasteiger partial charge in [0.05, 0.1) is 21.1 Å². The maximum Gasteiger partial charge on any atom is 0.242 e. The van der Waals surface area contributed by atoms with Crippen LogP contribution in [-0.2, 0) is 17.6 Å². The molecule has 4 rings (SSSR count). The van der Waals surface area contributed by atoms with Crippen molar-refractivity contribution in [1.29, 1.82) is 0 Å². The first-order valence-corrected chi connectivity index (χ1v) is 11.3. The van der Waals surface area contributed by atoms with Crippen LogP contribution in [0.2, 0.25) is 15.1 Å². The molecule has 0 fully saturated rings. The number of nitrogens with one attached hydrogen (secondary N) is 1. The number of nitrogens with zero attached hydrogens (tertiary/aromatic N) is 3. The number of hydrogen-bond acceptors (Lipinski definition) is 3. The number of halogens is 3. The molecular formula is C24H21Cl3N4O. The summed E-state index contributed by atoms with van der Waals surface area (Å²) in [4.78, 5) is 22.1. The Kier molecular flexibility index (Phi) is 6.99. The molecule has 0 aliphatic carbocycles. The lowest BCUT2D eigenvalue weighted by atomic mass is 10.1. The van der Waals surface area contributed by atoms with Gasteiger partial charge in [-0.2, -0.15) is 0 Å². The molecule has 2 heterocycles. The number of carbonyl (C=O) groups is 1. The molecule has 1 atom stereocenters. The number of fused-ring (bicyclic) bond motifs is 1. The summed E-state index contributed by atoms with van der Waals surface area (Å²) in [6.45, 7) is 2.33. The molecule has 1 amide bonds. The highest BCUT2D eigenvalue weighted by molar-refractivity contribution is 6.42. The molecule has 4 aromatic rings. The average Bonchev–Trinajstić information content (AvgIpc) is 3.12. The van der Waals surface area contributed by atoms with Crippen LogP contribution in [0.3, 0.4) is 0 Å². The van der Waals surface area contributed by atoms with E-state index in [1.807, 2.05) is 54.0 Å². The number of pyridine rings is 1. The molecule has 5 nitrogen and oxygen atoms in total. The third-order valence-corrected chi connectivity index (χ3v) is 6.38. The van der Waals surface area contributed by atoms with Crippen molar-refractivity contribution >= 4 is 51.7 Å². The number of imidazole rings is 1. The largest absolute Gasteiger partial charge is 0.354 e. The van der Waals surface area contributed by atoms with Crippen LogP contribution in [-0.4, -0.2) is 27.0 Å². The van der Waals surface area contributed by atoms with Gasteiger partial charge in [0.1, 0.15) is 11.9 Å². The minimum Gasteiger partial charge on any atom is -0.354 e. The van der Waals surface area contributed by atoms with Crippen LogP contribution in [0.1, 0.15) is 30.0 Å². The first-order chi connectivity index (χ1) is 15.4. The normalized spacial score (nSPS) is 12.1. The SMILES string of the molecule is C[C@H](C(=O)NCCc1ccccn1)n1c(Cc2ccccc2Cl)nc2cc(Cl)c(Cl)cc21. The molecule has 0 bridgehead atoms. The monoisotopic (exact) mass is 486 g/mol. The molecule has 1 N–H and O–H groups in total. The molecule has 0 aliphatic heterocycles. The van der Waals surface area contributed by atoms with E-state index in [-0.39, 0.29) is 5.91 Å². The second kappa shape index (κ2) is 9.90. The Hall–Kier alpha value is -2.60. The molecule has 8 heteroatoms. The van der Waals surface area contributed by atoms with Crippen LogP contribution >= 0.6 is 34.8 Å². The van der Waals surface area contributed by atoms with Crippen molar-refractivity contribution in [1.82, 2.24) is 19.9 Å². The summed E-state index contributed by atoms with van der Waals surface area (Å²) in [5.74, 6) is 0.588. The minimum atomic E-state index is -0.515. The molecule has 2 aromatic heterocycles. The molecule has 0 saturated carbocycles. The number of benzene rings is 2. The second-order valence-electron chi connectivity index (χ2n) is 7.46. The molecular weight excluding hydrogens is 467 g/mol. The van der Waals surface area contributed by atoms with Gasteiger partial charge >= 0.3 is 0 Å². The summed E-state index contributed by atoms with van der Waals surface area (Å²) in [6, 6.07) is 16.3. The van der Waals surface area contributed by atoms with E-state index >= 15 is 0 Å². The number of aromatic nitrogens is 3. The van der Waals surface area contributed by atoms with E-state index in [1.165, 1.54) is 0 Å². The van der Waals surface area contributed by atoms with Gasteiger partial charge in [0.2, 0.25) is 5.91 Å². The third kappa shape index (κ3) is 4.90. The Morgan fingerprint density at radius 2 is 1.78 bits per heavy atom. The zero-order valence-electron chi connectivity index (χ0n) is 17.4. The molecule has 0 spiro atoms. The highest BCUT2D eigenvalue weighted by atomic mass is 35.5. The summed E-state index contributed by atoms with van der Waals surface area (Å²) < 4.78 is 1.90. The maximum atomic E-state index is 13.0. The predicted octanol–water partition coefficient (Wildman–Crippen LogP) is 5.90. The van der Waals surface area contributed by atoms with E-state index in [2.05, 4.69) is 10.3 Å². The van der Waals surface area contributed by atoms with Crippen LogP contribution in [0.25, 0.3) is 11.0 Å². The average molecular weight is 488 g/mol. The highest BCUT2D eigenvalue weighted by Crippen LogP contribution is 2.31. The molecule has 0 radical (unpaired) electrons. The lowest BCUT2D eigenvalue weighted by Crippen LogP contribution is -2.33. The fraction of sp³-hybridized carbons (Fsp3) is 0.208. The first kappa shape index (κ1) is 22.6. The third-order valence-electron chi connectivity index (χ3n) is 5.28. The number of rotatable bonds is 7. The first-order valence-electron chi connectivity index (χ1n) is 10.2. The zero-order valence-corrected chi connectivity index (χ0v) is 19.6. The summed E-state index contributed by atoms with van der Waals surface area (Å²) >= 11 is 18.9. The van der Waals surface area contributed by atoms with E-state index < -0.39 is 6.04 Å². The van der Waals surface area contributed by atoms with E-state index in [0.717, 1.165) is 16.8 Å². The summed E-state index contributed by atoms with van der Waals surface area (Å²) in [6.07, 6.45) is 2.86. The molecule has 164 valence electrons. The van der Waals surface area contributed by atoms with Crippen molar-refractivity contribution in [2.75, 3.05) is 6.54 Å². The van der Waals surface area contributed by atoms with Gasteiger partial charge in [-0.15, -0.1) is 0 Å². The van der Waals surface area contributed by atoms with Gasteiger partial charge in [0.25, 0.3) is 0 Å². The highest BCUT2D eigenvalue weighted by Gasteiger charge is 2.23. The zero-order chi connectivity index (χ0) is 22.7. The van der Waals surface area contributed by atoms with E-state index in [1.54, 1.807) is 18.3 Å². The Bertz CT molecular complexity index is 1260. The Balaban J connectivity index is 1.63. The Morgan fingerprint density at radius 3 is 2.53 bits per heavy atom. The van der Waals surface area contributed by atoms with E-state index in [0.29, 0.717) is 45.8 Å². The molecule has 0 aliphatic rings. The second-order valence-corrected chi connectivity index (χ2v) is 8.68. The number of amides is 1. The van der Waals surface area contributed by atoms with Gasteiger partial charge in [0.15, 0.2) is 0 Å². The van der Waals surface area contributed by atoms with Gasteiger partial charge in [-0.05, 0) is 42.8 Å². The van der Waals surface area contributed by atoms with Crippen LogP contribution in [0.5, 0.6) is 0 Å². The van der Waals surface area contributed by atoms with Gasteiger partial charge in [-0.1, -0.05) is 59.1 Å². The molecule has 0 unspecified atom stereocenters. The molecule has 32 heavy (non-hydrogen) atoms. The van der Waals surface area contributed by atoms with Crippen molar-refractivity contribution in [3.8, 4) is 0 Å². The van der Waals surface area contributed by atoms with E-state index in [4.69, 9.17) is 39.8 Å². The maximum absolute atomic E-state index is 13.0. The van der Waals surface area contributed by atoms with Crippen LogP contribution in [0.15, 0.2) is 60.8 Å². The number of carbonyl (C=O) groups excluding carboxylic acids is 1. The van der Waals surface area contributed by atoms with Gasteiger partial charge in [-0.3, -0.25) is 9.78 Å². The topological polar surface area (TPSA) is 59.8 Å². The van der Waals surface area contributed by atoms with E-state index in [9.17, 15) is 4.79 Å². The molecule has 0 saturated heterocycles. The predicted molar refractivity (Wildman–Crippen MR) is 130 cm³/mol. The quantitative estimate of drug-likeness (QED) is 0.353. The summed E-state index contributed by atoms with van der Waals surface area (Å²) in [5, 5.41) is 4.47. The Labute approximate surface area is 201 Å². The van der Waals surface area contributed by atoms with Gasteiger partial charge in [-0.25, -0.2) is 4.98 Å². The number of hydrogen-bond donors (Lipinski definition) is 1. The smallest absolute Gasteiger partial charge is 0.242 e. The molecule has 2 aromatic carbocycles. The van der Waals surface area contributed by atoms with Crippen LogP contribution in [0.4, 0.5) is 0 Å². The van der Waals surface area contributed by atoms with Gasteiger partial charge in [0, 0.05) is 36.3 Å². The van der Waals surface area contributed by atoms with Crippen LogP contribution in [0, 0.1) is 0 Å². The van der Waals surface area contributed by atoms with Crippen molar-refractivity contribution in [2.24, 2.45) is 0 Å². The van der Waals surface area contributed by atoms with Gasteiger partial charge < -0.3 is 9.88 Å². The van der Waals surface area contributed by atoms with Crippen molar-refractivity contribution in [2.45, 2.75) is 25.8 Å². The Morgan fingerprint density at radius 1 is 1.03 bits per heavy atom. The summed E-state index contributed by atoms with van der Waals surface area (Å²) in [7, 11) is 0. The lowest BCUT2D eigenvalue weighted by Gasteiger charge is -2.18. The van der Waals surface area contributed by atoms with Crippen molar-refractivity contribution in [3.05, 3.63) is 92.9 Å². The fourth-order valence-corrected chi connectivity index (χ4v) is 4.15. The standard InChI is InChI=1S/C24H21Cl3N4O/c1-15(24(32)29-11-9-17-7-4-5-10-28-17)31-22-14-20(27)19(26)13-21(22)30-23(31)12-16-6-2-3-8-18(16)25/h2-8,10,13-15H,9,11-12H2,1H3,(H,29,32)/t15-/m1/s1. The minimum absolute atomic E-state index is 0.119. The van der Waals surface area contributed by atoms with Crippen molar-refractivity contribution < 1.29 is 4.79 Å². The van der Waals surface area contributed by atoms with Crippen molar-refractivity contribution in [3.63, 3.8) is 0 Å². The fourth-order valence-electron chi connectivity index (χ4n) is 3.63. The summed E-state index contributed by atoms with van der Waals surface area (Å²) in [5.41, 5.74) is 3.27.